The number of carbonyl (C=O) groups is 1. The summed E-state index contributed by atoms with van der Waals surface area (Å²) >= 11 is 3.34. The summed E-state index contributed by atoms with van der Waals surface area (Å²) in [5, 5.41) is 3.24. The normalized spacial score (nSPS) is 10.9. The number of aromatic nitrogens is 3. The number of fused-ring (bicyclic) bond motifs is 1. The molecular formula is C12H16BrN5O. The second-order valence-electron chi connectivity index (χ2n) is 4.40. The molecule has 6 nitrogen and oxygen atoms in total. The Labute approximate surface area is 120 Å². The van der Waals surface area contributed by atoms with Gasteiger partial charge in [0.25, 0.3) is 0 Å². The Bertz CT molecular complexity index is 581. The van der Waals surface area contributed by atoms with Crippen molar-refractivity contribution in [1.29, 1.82) is 0 Å². The van der Waals surface area contributed by atoms with E-state index in [2.05, 4.69) is 31.2 Å². The van der Waals surface area contributed by atoms with Gasteiger partial charge in [0.05, 0.1) is 18.1 Å². The second-order valence-corrected chi connectivity index (χ2v) is 5.22. The van der Waals surface area contributed by atoms with Gasteiger partial charge in [-0.25, -0.2) is 9.97 Å². The maximum absolute atomic E-state index is 11.4. The average Bonchev–Trinajstić information content (AvgIpc) is 2.76. The topological polar surface area (TPSA) is 62.5 Å². The van der Waals surface area contributed by atoms with Crippen LogP contribution in [0.2, 0.25) is 0 Å². The Morgan fingerprint density at radius 2 is 2.21 bits per heavy atom. The fraction of sp³-hybridized carbons (Fsp3) is 0.417. The number of halogens is 1. The van der Waals surface area contributed by atoms with Crippen LogP contribution in [0.5, 0.6) is 0 Å². The molecule has 2 aromatic rings. The number of imidazole rings is 1. The maximum atomic E-state index is 11.4. The molecule has 0 radical (unpaired) electrons. The molecule has 2 rings (SSSR count). The van der Waals surface area contributed by atoms with Crippen LogP contribution >= 0.6 is 15.9 Å². The number of amides is 1. The number of hydrogen-bond acceptors (Lipinski definition) is 4. The first kappa shape index (κ1) is 14.0. The van der Waals surface area contributed by atoms with Crippen LogP contribution in [0.15, 0.2) is 23.2 Å². The largest absolute Gasteiger partial charge is 0.349 e. The van der Waals surface area contributed by atoms with Crippen molar-refractivity contribution in [2.45, 2.75) is 13.0 Å². The molecule has 0 aliphatic rings. The minimum atomic E-state index is 0.123. The highest BCUT2D eigenvalue weighted by Crippen LogP contribution is 2.10. The zero-order valence-corrected chi connectivity index (χ0v) is 12.5. The lowest BCUT2D eigenvalue weighted by atomic mass is 10.3. The zero-order valence-electron chi connectivity index (χ0n) is 10.9. The van der Waals surface area contributed by atoms with E-state index in [1.54, 1.807) is 25.2 Å². The van der Waals surface area contributed by atoms with E-state index >= 15 is 0 Å². The molecule has 0 atom stereocenters. The van der Waals surface area contributed by atoms with Gasteiger partial charge in [0, 0.05) is 39.8 Å². The van der Waals surface area contributed by atoms with Gasteiger partial charge < -0.3 is 10.2 Å². The molecule has 0 spiro atoms. The van der Waals surface area contributed by atoms with Crippen molar-refractivity contribution < 1.29 is 4.79 Å². The van der Waals surface area contributed by atoms with E-state index in [0.717, 1.165) is 15.9 Å². The van der Waals surface area contributed by atoms with E-state index < -0.39 is 0 Å². The smallest absolute Gasteiger partial charge is 0.223 e. The van der Waals surface area contributed by atoms with Crippen LogP contribution in [0.4, 0.5) is 0 Å². The van der Waals surface area contributed by atoms with Crippen LogP contribution in [-0.2, 0) is 11.3 Å². The molecule has 0 aromatic carbocycles. The molecule has 0 saturated heterocycles. The Morgan fingerprint density at radius 3 is 2.95 bits per heavy atom. The van der Waals surface area contributed by atoms with Crippen LogP contribution in [0, 0.1) is 0 Å². The maximum Gasteiger partial charge on any atom is 0.223 e. The van der Waals surface area contributed by atoms with Gasteiger partial charge in [-0.3, -0.25) is 9.20 Å². The molecule has 0 aliphatic heterocycles. The number of nitrogens with one attached hydrogen (secondary N) is 1. The molecule has 0 bridgehead atoms. The quantitative estimate of drug-likeness (QED) is 0.835. The van der Waals surface area contributed by atoms with Crippen molar-refractivity contribution in [2.75, 3.05) is 20.6 Å². The highest BCUT2D eigenvalue weighted by atomic mass is 79.9. The molecule has 0 unspecified atom stereocenters. The van der Waals surface area contributed by atoms with Crippen molar-refractivity contribution in [1.82, 2.24) is 24.6 Å². The Balaban J connectivity index is 1.91. The monoisotopic (exact) mass is 325 g/mol. The number of hydrogen-bond donors (Lipinski definition) is 1. The van der Waals surface area contributed by atoms with E-state index in [1.807, 2.05) is 16.8 Å². The molecule has 1 N–H and O–H groups in total. The van der Waals surface area contributed by atoms with Crippen molar-refractivity contribution in [3.05, 3.63) is 28.9 Å². The SMILES string of the molecule is CN(C)C(=O)CCNCc1cnc2cnc(Br)cn12. The van der Waals surface area contributed by atoms with Crippen LogP contribution in [0.25, 0.3) is 5.65 Å². The van der Waals surface area contributed by atoms with Gasteiger partial charge in [0.15, 0.2) is 5.65 Å². The van der Waals surface area contributed by atoms with Gasteiger partial charge in [-0.15, -0.1) is 0 Å². The fourth-order valence-corrected chi connectivity index (χ4v) is 1.99. The standard InChI is InChI=1S/C12H16BrN5O/c1-17(2)12(19)3-4-14-5-9-6-16-11-7-15-10(13)8-18(9)11/h6-8,14H,3-5H2,1-2H3. The van der Waals surface area contributed by atoms with E-state index in [-0.39, 0.29) is 5.91 Å². The van der Waals surface area contributed by atoms with E-state index in [0.29, 0.717) is 19.5 Å². The third kappa shape index (κ3) is 3.51. The second kappa shape index (κ2) is 6.12. The summed E-state index contributed by atoms with van der Waals surface area (Å²) in [4.78, 5) is 21.4. The van der Waals surface area contributed by atoms with Crippen LogP contribution < -0.4 is 5.32 Å². The molecule has 19 heavy (non-hydrogen) atoms. The Kier molecular flexibility index (Phi) is 4.49. The van der Waals surface area contributed by atoms with Gasteiger partial charge in [0.2, 0.25) is 5.91 Å². The van der Waals surface area contributed by atoms with Gasteiger partial charge in [-0.1, -0.05) is 0 Å². The molecule has 2 aromatic heterocycles. The summed E-state index contributed by atoms with van der Waals surface area (Å²) < 4.78 is 2.74. The van der Waals surface area contributed by atoms with Crippen LogP contribution in [0.1, 0.15) is 12.1 Å². The summed E-state index contributed by atoms with van der Waals surface area (Å²) in [5.74, 6) is 0.123. The van der Waals surface area contributed by atoms with Gasteiger partial charge >= 0.3 is 0 Å². The number of carbonyl (C=O) groups excluding carboxylic acids is 1. The van der Waals surface area contributed by atoms with Crippen LogP contribution in [0.3, 0.4) is 0 Å². The number of nitrogens with zero attached hydrogens (tertiary/aromatic N) is 4. The minimum absolute atomic E-state index is 0.123. The Hall–Kier alpha value is -1.47. The van der Waals surface area contributed by atoms with E-state index in [1.165, 1.54) is 0 Å². The van der Waals surface area contributed by atoms with Crippen molar-refractivity contribution in [2.24, 2.45) is 0 Å². The van der Waals surface area contributed by atoms with Crippen molar-refractivity contribution in [3.8, 4) is 0 Å². The van der Waals surface area contributed by atoms with Crippen LogP contribution in [-0.4, -0.2) is 45.8 Å². The highest BCUT2D eigenvalue weighted by Gasteiger charge is 2.05. The lowest BCUT2D eigenvalue weighted by molar-refractivity contribution is -0.128. The molecule has 0 saturated carbocycles. The summed E-state index contributed by atoms with van der Waals surface area (Å²) in [6, 6.07) is 0. The Morgan fingerprint density at radius 1 is 1.42 bits per heavy atom. The average molecular weight is 326 g/mol. The lowest BCUT2D eigenvalue weighted by Gasteiger charge is -2.10. The number of rotatable bonds is 5. The molecular weight excluding hydrogens is 310 g/mol. The fourth-order valence-electron chi connectivity index (χ4n) is 1.68. The van der Waals surface area contributed by atoms with Gasteiger partial charge in [0.1, 0.15) is 4.60 Å². The van der Waals surface area contributed by atoms with Gasteiger partial charge in [-0.2, -0.15) is 0 Å². The molecule has 1 amide bonds. The van der Waals surface area contributed by atoms with E-state index in [4.69, 9.17) is 0 Å². The molecule has 102 valence electrons. The summed E-state index contributed by atoms with van der Waals surface area (Å²) in [6.07, 6.45) is 5.90. The third-order valence-corrected chi connectivity index (χ3v) is 3.17. The molecule has 0 fully saturated rings. The van der Waals surface area contributed by atoms with E-state index in [9.17, 15) is 4.79 Å². The van der Waals surface area contributed by atoms with Crippen molar-refractivity contribution in [3.63, 3.8) is 0 Å². The first-order chi connectivity index (χ1) is 9.08. The summed E-state index contributed by atoms with van der Waals surface area (Å²) in [5.41, 5.74) is 1.85. The third-order valence-electron chi connectivity index (χ3n) is 2.76. The first-order valence-corrected chi connectivity index (χ1v) is 6.75. The molecule has 2 heterocycles. The highest BCUT2D eigenvalue weighted by molar-refractivity contribution is 9.10. The molecule has 7 heteroatoms. The summed E-state index contributed by atoms with van der Waals surface area (Å²) in [7, 11) is 3.52. The molecule has 0 aliphatic carbocycles. The minimum Gasteiger partial charge on any atom is -0.349 e. The lowest BCUT2D eigenvalue weighted by Crippen LogP contribution is -2.26. The zero-order chi connectivity index (χ0) is 13.8. The van der Waals surface area contributed by atoms with Gasteiger partial charge in [-0.05, 0) is 15.9 Å². The summed E-state index contributed by atoms with van der Waals surface area (Å²) in [6.45, 7) is 1.31. The predicted molar refractivity (Wildman–Crippen MR) is 75.7 cm³/mol. The van der Waals surface area contributed by atoms with Crippen molar-refractivity contribution >= 4 is 27.5 Å². The predicted octanol–water partition coefficient (Wildman–Crippen LogP) is 1.06. The first-order valence-electron chi connectivity index (χ1n) is 5.96.